The number of rotatable bonds is 10. The summed E-state index contributed by atoms with van der Waals surface area (Å²) >= 11 is 3.40. The zero-order chi connectivity index (χ0) is 27.8. The first-order chi connectivity index (χ1) is 18.8. The molecule has 0 aliphatic carbocycles. The highest BCUT2D eigenvalue weighted by Crippen LogP contribution is 2.36. The van der Waals surface area contributed by atoms with E-state index in [0.29, 0.717) is 51.4 Å². The molecule has 0 saturated heterocycles. The van der Waals surface area contributed by atoms with Gasteiger partial charge in [-0.1, -0.05) is 34.1 Å². The average molecular weight is 598 g/mol. The van der Waals surface area contributed by atoms with Gasteiger partial charge >= 0.3 is 6.09 Å². The van der Waals surface area contributed by atoms with Crippen molar-refractivity contribution < 1.29 is 33.6 Å². The third kappa shape index (κ3) is 7.43. The Kier molecular flexibility index (Phi) is 9.29. The number of hydrogen-bond donors (Lipinski definition) is 4. The Hall–Kier alpha value is -4.22. The molecule has 1 aliphatic heterocycles. The van der Waals surface area contributed by atoms with Crippen LogP contribution in [0.3, 0.4) is 0 Å². The minimum atomic E-state index is -0.965. The molecule has 11 heteroatoms. The molecule has 2 atom stereocenters. The fourth-order valence-electron chi connectivity index (χ4n) is 3.96. The van der Waals surface area contributed by atoms with Crippen LogP contribution in [0.25, 0.3) is 0 Å². The number of phenolic OH excluding ortho intramolecular Hbond substituents is 1. The number of anilines is 3. The lowest BCUT2D eigenvalue weighted by molar-refractivity contribution is -0.111. The third-order valence-electron chi connectivity index (χ3n) is 5.90. The number of nitrogens with one attached hydrogen (secondary N) is 2. The molecular weight excluding hydrogens is 570 g/mol. The number of amides is 2. The minimum Gasteiger partial charge on any atom is -0.508 e. The molecule has 3 aromatic carbocycles. The van der Waals surface area contributed by atoms with E-state index in [1.54, 1.807) is 60.7 Å². The molecule has 3 aromatic rings. The number of hydrogen-bond acceptors (Lipinski definition) is 8. The summed E-state index contributed by atoms with van der Waals surface area (Å²) in [5.41, 5.74) is 7.66. The van der Waals surface area contributed by atoms with Gasteiger partial charge in [0, 0.05) is 28.9 Å². The van der Waals surface area contributed by atoms with Crippen LogP contribution in [0.15, 0.2) is 77.3 Å². The summed E-state index contributed by atoms with van der Waals surface area (Å²) in [6.07, 6.45) is 1.52. The fourth-order valence-corrected chi connectivity index (χ4v) is 4.34. The molecule has 0 spiro atoms. The maximum atomic E-state index is 12.9. The van der Waals surface area contributed by atoms with E-state index in [9.17, 15) is 14.7 Å². The fraction of sp³-hybridized carbons (Fsp3) is 0.214. The zero-order valence-electron chi connectivity index (χ0n) is 21.1. The van der Waals surface area contributed by atoms with Gasteiger partial charge in [-0.05, 0) is 61.4 Å². The molecule has 204 valence electrons. The molecule has 5 N–H and O–H groups in total. The van der Waals surface area contributed by atoms with Crippen LogP contribution in [0, 0.1) is 0 Å². The highest BCUT2D eigenvalue weighted by molar-refractivity contribution is 9.10. The zero-order valence-corrected chi connectivity index (χ0v) is 22.6. The second-order valence-corrected chi connectivity index (χ2v) is 9.47. The van der Waals surface area contributed by atoms with Gasteiger partial charge < -0.3 is 35.1 Å². The van der Waals surface area contributed by atoms with Crippen molar-refractivity contribution in [1.82, 2.24) is 0 Å². The highest BCUT2D eigenvalue weighted by Gasteiger charge is 2.30. The standard InChI is InChI=1S/C28H28BrN3O7/c1-36-24(8-4-5-9-26(34)32-21-7-3-2-6-20(21)30)27(19-14-17(29)10-12-22(19)33)39-28(35)31-18-11-13-23-25(15-18)38-16-37-23/h2-3,5-7,9-15,24,27,33H,4,8,16,30H2,1H3,(H,31,35)(H,32,34)/b9-5+/t24-,27-/m1/s1. The molecule has 1 heterocycles. The number of para-hydroxylation sites is 2. The van der Waals surface area contributed by atoms with Crippen LogP contribution in [0.5, 0.6) is 17.2 Å². The van der Waals surface area contributed by atoms with Crippen molar-refractivity contribution in [2.24, 2.45) is 0 Å². The lowest BCUT2D eigenvalue weighted by Gasteiger charge is -2.27. The maximum Gasteiger partial charge on any atom is 0.412 e. The number of nitrogens with two attached hydrogens (primary N) is 1. The van der Waals surface area contributed by atoms with Crippen LogP contribution in [-0.4, -0.2) is 37.1 Å². The van der Waals surface area contributed by atoms with Gasteiger partial charge in [-0.2, -0.15) is 0 Å². The monoisotopic (exact) mass is 597 g/mol. The predicted octanol–water partition coefficient (Wildman–Crippen LogP) is 5.75. The SMILES string of the molecule is CO[C@H](CC/C=C/C(=O)Nc1ccccc1N)[C@H](OC(=O)Nc1ccc2c(c1)OCO2)c1cc(Br)ccc1O. The van der Waals surface area contributed by atoms with E-state index >= 15 is 0 Å². The van der Waals surface area contributed by atoms with Gasteiger partial charge in [0.15, 0.2) is 17.6 Å². The van der Waals surface area contributed by atoms with E-state index in [1.165, 1.54) is 19.3 Å². The number of ether oxygens (including phenoxy) is 4. The van der Waals surface area contributed by atoms with Crippen LogP contribution in [0.2, 0.25) is 0 Å². The van der Waals surface area contributed by atoms with Gasteiger partial charge in [0.2, 0.25) is 12.7 Å². The quantitative estimate of drug-likeness (QED) is 0.171. The molecule has 0 radical (unpaired) electrons. The largest absolute Gasteiger partial charge is 0.508 e. The van der Waals surface area contributed by atoms with Crippen molar-refractivity contribution in [3.8, 4) is 17.2 Å². The summed E-state index contributed by atoms with van der Waals surface area (Å²) in [7, 11) is 1.49. The van der Waals surface area contributed by atoms with E-state index in [1.807, 2.05) is 0 Å². The molecule has 39 heavy (non-hydrogen) atoms. The summed E-state index contributed by atoms with van der Waals surface area (Å²) in [6.45, 7) is 0.111. The number of fused-ring (bicyclic) bond motifs is 1. The van der Waals surface area contributed by atoms with Crippen LogP contribution < -0.4 is 25.8 Å². The Labute approximate surface area is 233 Å². The number of halogens is 1. The van der Waals surface area contributed by atoms with E-state index in [2.05, 4.69) is 26.6 Å². The van der Waals surface area contributed by atoms with Crippen LogP contribution in [-0.2, 0) is 14.3 Å². The summed E-state index contributed by atoms with van der Waals surface area (Å²) in [6, 6.07) is 16.8. The van der Waals surface area contributed by atoms with E-state index in [0.717, 1.165) is 0 Å². The van der Waals surface area contributed by atoms with Crippen molar-refractivity contribution >= 4 is 45.0 Å². The Bertz CT molecular complexity index is 1360. The number of phenols is 1. The summed E-state index contributed by atoms with van der Waals surface area (Å²) in [4.78, 5) is 25.2. The Balaban J connectivity index is 1.43. The molecule has 10 nitrogen and oxygen atoms in total. The van der Waals surface area contributed by atoms with Crippen molar-refractivity contribution in [3.63, 3.8) is 0 Å². The Morgan fingerprint density at radius 3 is 2.69 bits per heavy atom. The summed E-state index contributed by atoms with van der Waals surface area (Å²) < 4.78 is 22.8. The molecule has 1 aliphatic rings. The predicted molar refractivity (Wildman–Crippen MR) is 150 cm³/mol. The molecule has 0 saturated carbocycles. The van der Waals surface area contributed by atoms with Crippen LogP contribution >= 0.6 is 15.9 Å². The molecule has 0 aromatic heterocycles. The third-order valence-corrected chi connectivity index (χ3v) is 6.39. The van der Waals surface area contributed by atoms with Gasteiger partial charge in [0.1, 0.15) is 5.75 Å². The van der Waals surface area contributed by atoms with Crippen LogP contribution in [0.4, 0.5) is 21.9 Å². The molecule has 0 bridgehead atoms. The second kappa shape index (κ2) is 13.0. The highest BCUT2D eigenvalue weighted by atomic mass is 79.9. The number of benzene rings is 3. The maximum absolute atomic E-state index is 12.9. The molecular formula is C28H28BrN3O7. The number of nitrogen functional groups attached to an aromatic ring is 1. The van der Waals surface area contributed by atoms with Gasteiger partial charge in [-0.15, -0.1) is 0 Å². The molecule has 0 fully saturated rings. The van der Waals surface area contributed by atoms with Gasteiger partial charge in [-0.3, -0.25) is 10.1 Å². The Morgan fingerprint density at radius 2 is 1.90 bits per heavy atom. The number of aromatic hydroxyl groups is 1. The minimum absolute atomic E-state index is 0.0588. The normalized spacial score (nSPS) is 13.6. The first-order valence-electron chi connectivity index (χ1n) is 12.0. The van der Waals surface area contributed by atoms with Crippen LogP contribution in [0.1, 0.15) is 24.5 Å². The van der Waals surface area contributed by atoms with E-state index in [4.69, 9.17) is 24.7 Å². The van der Waals surface area contributed by atoms with Crippen molar-refractivity contribution in [3.05, 3.63) is 82.9 Å². The van der Waals surface area contributed by atoms with Gasteiger partial charge in [0.25, 0.3) is 0 Å². The molecule has 4 rings (SSSR count). The number of carbonyl (C=O) groups excluding carboxylic acids is 2. The lowest BCUT2D eigenvalue weighted by atomic mass is 9.99. The summed E-state index contributed by atoms with van der Waals surface area (Å²) in [5, 5.41) is 16.0. The van der Waals surface area contributed by atoms with Crippen molar-refractivity contribution in [2.45, 2.75) is 25.0 Å². The number of allylic oxidation sites excluding steroid dienone is 1. The van der Waals surface area contributed by atoms with E-state index < -0.39 is 18.3 Å². The van der Waals surface area contributed by atoms with Gasteiger partial charge in [-0.25, -0.2) is 4.79 Å². The molecule has 0 unspecified atom stereocenters. The first-order valence-corrected chi connectivity index (χ1v) is 12.8. The lowest BCUT2D eigenvalue weighted by Crippen LogP contribution is -2.28. The Morgan fingerprint density at radius 1 is 1.10 bits per heavy atom. The average Bonchev–Trinajstić information content (AvgIpc) is 3.38. The van der Waals surface area contributed by atoms with Gasteiger partial charge in [0.05, 0.1) is 17.5 Å². The van der Waals surface area contributed by atoms with Crippen molar-refractivity contribution in [2.75, 3.05) is 30.3 Å². The number of methoxy groups -OCH3 is 1. The number of carbonyl (C=O) groups is 2. The smallest absolute Gasteiger partial charge is 0.412 e. The molecule has 2 amide bonds. The topological polar surface area (TPSA) is 141 Å². The second-order valence-electron chi connectivity index (χ2n) is 8.55. The summed E-state index contributed by atoms with van der Waals surface area (Å²) in [5.74, 6) is 0.702. The van der Waals surface area contributed by atoms with Crippen molar-refractivity contribution in [1.29, 1.82) is 0 Å². The first kappa shape index (κ1) is 27.8. The van der Waals surface area contributed by atoms with E-state index in [-0.39, 0.29) is 18.4 Å².